The van der Waals surface area contributed by atoms with Gasteiger partial charge in [0.05, 0.1) is 0 Å². The fourth-order valence-electron chi connectivity index (χ4n) is 2.30. The topological polar surface area (TPSA) is 47.6 Å². The number of anilines is 1. The number of nitrogens with one attached hydrogen (secondary N) is 1. The zero-order valence-electron chi connectivity index (χ0n) is 14.2. The number of carbonyl (C=O) groups is 1. The normalized spacial score (nSPS) is 11.9. The predicted octanol–water partition coefficient (Wildman–Crippen LogP) is 4.82. The second kappa shape index (κ2) is 9.01. The van der Waals surface area contributed by atoms with E-state index < -0.39 is 6.61 Å². The summed E-state index contributed by atoms with van der Waals surface area (Å²) < 4.78 is 34.1. The van der Waals surface area contributed by atoms with Gasteiger partial charge < -0.3 is 14.8 Å². The first-order chi connectivity index (χ1) is 12.0. The lowest BCUT2D eigenvalue weighted by Gasteiger charge is -2.15. The van der Waals surface area contributed by atoms with Gasteiger partial charge in [0, 0.05) is 5.69 Å². The summed E-state index contributed by atoms with van der Waals surface area (Å²) in [4.78, 5) is 12.0. The number of hydrogen-bond donors (Lipinski definition) is 1. The fourth-order valence-corrected chi connectivity index (χ4v) is 2.30. The summed E-state index contributed by atoms with van der Waals surface area (Å²) in [6, 6.07) is 13.3. The van der Waals surface area contributed by atoms with Gasteiger partial charge in [-0.1, -0.05) is 32.0 Å². The Hall–Kier alpha value is -2.63. The second-order valence-electron chi connectivity index (χ2n) is 5.59. The van der Waals surface area contributed by atoms with Crippen LogP contribution in [0.15, 0.2) is 48.5 Å². The fraction of sp³-hybridized carbons (Fsp3) is 0.316. The Balaban J connectivity index is 1.91. The van der Waals surface area contributed by atoms with E-state index in [1.165, 1.54) is 24.3 Å². The van der Waals surface area contributed by atoms with Crippen molar-refractivity contribution in [2.45, 2.75) is 32.8 Å². The van der Waals surface area contributed by atoms with E-state index in [0.29, 0.717) is 17.4 Å². The maximum atomic E-state index is 12.1. The van der Waals surface area contributed by atoms with Gasteiger partial charge in [0.25, 0.3) is 5.91 Å². The summed E-state index contributed by atoms with van der Waals surface area (Å²) in [6.45, 7) is 1.18. The number of alkyl halides is 2. The summed E-state index contributed by atoms with van der Waals surface area (Å²) >= 11 is 0. The Kier molecular flexibility index (Phi) is 6.74. The Morgan fingerprint density at radius 1 is 1.12 bits per heavy atom. The molecule has 0 saturated heterocycles. The number of hydrogen-bond acceptors (Lipinski definition) is 3. The van der Waals surface area contributed by atoms with Gasteiger partial charge in [0.15, 0.2) is 6.61 Å². The molecule has 2 aromatic carbocycles. The molecule has 0 spiro atoms. The van der Waals surface area contributed by atoms with Crippen LogP contribution in [0.5, 0.6) is 11.5 Å². The molecule has 0 aliphatic rings. The smallest absolute Gasteiger partial charge is 0.387 e. The molecule has 0 saturated carbocycles. The molecule has 4 nitrogen and oxygen atoms in total. The highest BCUT2D eigenvalue weighted by molar-refractivity contribution is 5.91. The summed E-state index contributed by atoms with van der Waals surface area (Å²) in [5, 5.41) is 2.65. The van der Waals surface area contributed by atoms with Gasteiger partial charge in [-0.05, 0) is 48.2 Å². The highest BCUT2D eigenvalue weighted by atomic mass is 19.3. The molecule has 1 atom stereocenters. The summed E-state index contributed by atoms with van der Waals surface area (Å²) in [5.41, 5.74) is 1.54. The molecule has 6 heteroatoms. The minimum atomic E-state index is -2.88. The number of ether oxygens (including phenoxy) is 2. The molecule has 1 N–H and O–H groups in total. The predicted molar refractivity (Wildman–Crippen MR) is 92.3 cm³/mol. The van der Waals surface area contributed by atoms with Crippen molar-refractivity contribution in [2.75, 3.05) is 11.9 Å². The van der Waals surface area contributed by atoms with Crippen LogP contribution >= 0.6 is 0 Å². The van der Waals surface area contributed by atoms with Gasteiger partial charge in [-0.2, -0.15) is 8.78 Å². The number of carbonyl (C=O) groups excluding carboxylic acids is 1. The van der Waals surface area contributed by atoms with Gasteiger partial charge in [0.1, 0.15) is 11.5 Å². The molecule has 0 radical (unpaired) electrons. The SMILES string of the molecule is CCC(C)c1ccccc1OCC(=O)Nc1ccc(OC(F)F)cc1. The van der Waals surface area contributed by atoms with E-state index in [9.17, 15) is 13.6 Å². The lowest BCUT2D eigenvalue weighted by atomic mass is 9.98. The van der Waals surface area contributed by atoms with E-state index in [1.54, 1.807) is 0 Å². The molecule has 0 fully saturated rings. The van der Waals surface area contributed by atoms with Crippen LogP contribution in [0.3, 0.4) is 0 Å². The van der Waals surface area contributed by atoms with Crippen LogP contribution in [0, 0.1) is 0 Å². The molecule has 1 unspecified atom stereocenters. The third kappa shape index (κ3) is 5.74. The molecule has 0 heterocycles. The molecular formula is C19H21F2NO3. The molecule has 0 aliphatic heterocycles. The van der Waals surface area contributed by atoms with E-state index in [1.807, 2.05) is 24.3 Å². The average molecular weight is 349 g/mol. The third-order valence-electron chi connectivity index (χ3n) is 3.78. The number of halogens is 2. The highest BCUT2D eigenvalue weighted by Gasteiger charge is 2.11. The highest BCUT2D eigenvalue weighted by Crippen LogP contribution is 2.28. The quantitative estimate of drug-likeness (QED) is 0.743. The second-order valence-corrected chi connectivity index (χ2v) is 5.59. The maximum Gasteiger partial charge on any atom is 0.387 e. The van der Waals surface area contributed by atoms with Crippen molar-refractivity contribution in [2.24, 2.45) is 0 Å². The molecule has 25 heavy (non-hydrogen) atoms. The molecular weight excluding hydrogens is 328 g/mol. The van der Waals surface area contributed by atoms with Crippen LogP contribution < -0.4 is 14.8 Å². The molecule has 0 aliphatic carbocycles. The van der Waals surface area contributed by atoms with Crippen molar-refractivity contribution in [3.05, 3.63) is 54.1 Å². The van der Waals surface area contributed by atoms with Crippen molar-refractivity contribution in [1.82, 2.24) is 0 Å². The van der Waals surface area contributed by atoms with Crippen molar-refractivity contribution in [3.63, 3.8) is 0 Å². The molecule has 0 aromatic heterocycles. The van der Waals surface area contributed by atoms with E-state index in [0.717, 1.165) is 12.0 Å². The van der Waals surface area contributed by atoms with Crippen LogP contribution in [0.2, 0.25) is 0 Å². The van der Waals surface area contributed by atoms with Crippen LogP contribution in [0.1, 0.15) is 31.7 Å². The summed E-state index contributed by atoms with van der Waals surface area (Å²) in [7, 11) is 0. The number of para-hydroxylation sites is 1. The molecule has 0 bridgehead atoms. The minimum Gasteiger partial charge on any atom is -0.483 e. The Morgan fingerprint density at radius 2 is 1.80 bits per heavy atom. The lowest BCUT2D eigenvalue weighted by molar-refractivity contribution is -0.118. The maximum absolute atomic E-state index is 12.1. The first-order valence-corrected chi connectivity index (χ1v) is 8.06. The van der Waals surface area contributed by atoms with E-state index >= 15 is 0 Å². The average Bonchev–Trinajstić information content (AvgIpc) is 2.61. The largest absolute Gasteiger partial charge is 0.483 e. The minimum absolute atomic E-state index is 0.0340. The van der Waals surface area contributed by atoms with E-state index in [2.05, 4.69) is 23.9 Å². The van der Waals surface area contributed by atoms with Crippen molar-refractivity contribution >= 4 is 11.6 Å². The molecule has 2 aromatic rings. The molecule has 2 rings (SSSR count). The van der Waals surface area contributed by atoms with E-state index in [4.69, 9.17) is 4.74 Å². The van der Waals surface area contributed by atoms with Gasteiger partial charge in [-0.3, -0.25) is 4.79 Å². The summed E-state index contributed by atoms with van der Waals surface area (Å²) in [6.07, 6.45) is 0.972. The Labute approximate surface area is 145 Å². The van der Waals surface area contributed by atoms with Crippen LogP contribution in [-0.2, 0) is 4.79 Å². The van der Waals surface area contributed by atoms with Crippen molar-refractivity contribution in [3.8, 4) is 11.5 Å². The lowest BCUT2D eigenvalue weighted by Crippen LogP contribution is -2.20. The van der Waals surface area contributed by atoms with Crippen molar-refractivity contribution in [1.29, 1.82) is 0 Å². The van der Waals surface area contributed by atoms with Gasteiger partial charge >= 0.3 is 6.61 Å². The first-order valence-electron chi connectivity index (χ1n) is 8.06. The Morgan fingerprint density at radius 3 is 2.44 bits per heavy atom. The van der Waals surface area contributed by atoms with Crippen LogP contribution in [0.4, 0.5) is 14.5 Å². The van der Waals surface area contributed by atoms with E-state index in [-0.39, 0.29) is 18.3 Å². The monoisotopic (exact) mass is 349 g/mol. The Bertz CT molecular complexity index is 689. The van der Waals surface area contributed by atoms with Gasteiger partial charge in [-0.15, -0.1) is 0 Å². The standard InChI is InChI=1S/C19H21F2NO3/c1-3-13(2)16-6-4-5-7-17(16)24-12-18(23)22-14-8-10-15(11-9-14)25-19(20)21/h4-11,13,19H,3,12H2,1-2H3,(H,22,23). The zero-order chi connectivity index (χ0) is 18.2. The first kappa shape index (κ1) is 18.7. The van der Waals surface area contributed by atoms with Crippen molar-refractivity contribution < 1.29 is 23.0 Å². The number of amides is 1. The zero-order valence-corrected chi connectivity index (χ0v) is 14.2. The number of rotatable bonds is 8. The summed E-state index contributed by atoms with van der Waals surface area (Å²) in [5.74, 6) is 0.725. The van der Waals surface area contributed by atoms with Gasteiger partial charge in [-0.25, -0.2) is 0 Å². The van der Waals surface area contributed by atoms with Crippen LogP contribution in [0.25, 0.3) is 0 Å². The van der Waals surface area contributed by atoms with Crippen LogP contribution in [-0.4, -0.2) is 19.1 Å². The number of benzene rings is 2. The molecule has 134 valence electrons. The molecule has 1 amide bonds. The third-order valence-corrected chi connectivity index (χ3v) is 3.78. The van der Waals surface area contributed by atoms with Gasteiger partial charge in [0.2, 0.25) is 0 Å².